The molecule has 0 amide bonds. The Kier molecular flexibility index (Phi) is 2.88. The average Bonchev–Trinajstić information content (AvgIpc) is 2.66. The second-order valence-electron chi connectivity index (χ2n) is 3.33. The minimum Gasteiger partial charge on any atom is -0.444 e. The third-order valence-corrected chi connectivity index (χ3v) is 2.77. The molecule has 0 saturated carbocycles. The van der Waals surface area contributed by atoms with Gasteiger partial charge in [0.2, 0.25) is 5.89 Å². The van der Waals surface area contributed by atoms with Crippen LogP contribution < -0.4 is 5.73 Å². The molecule has 0 spiro atoms. The van der Waals surface area contributed by atoms with Gasteiger partial charge in [0.1, 0.15) is 6.26 Å². The number of hydrogen-bond acceptors (Lipinski definition) is 3. The Labute approximate surface area is 96.4 Å². The molecule has 0 saturated heterocycles. The molecule has 2 N–H and O–H groups in total. The van der Waals surface area contributed by atoms with Crippen molar-refractivity contribution in [2.24, 2.45) is 5.73 Å². The van der Waals surface area contributed by atoms with Gasteiger partial charge in [-0.15, -0.1) is 0 Å². The Morgan fingerprint density at radius 1 is 1.47 bits per heavy atom. The number of rotatable bonds is 2. The van der Waals surface area contributed by atoms with Gasteiger partial charge in [0.15, 0.2) is 0 Å². The predicted octanol–water partition coefficient (Wildman–Crippen LogP) is 2.87. The van der Waals surface area contributed by atoms with Gasteiger partial charge in [0.05, 0.1) is 11.3 Å². The van der Waals surface area contributed by atoms with Crippen molar-refractivity contribution in [2.75, 3.05) is 0 Å². The highest BCUT2D eigenvalue weighted by Gasteiger charge is 2.09. The molecule has 4 heteroatoms. The molecule has 0 bridgehead atoms. The van der Waals surface area contributed by atoms with Gasteiger partial charge in [-0.05, 0) is 40.5 Å². The molecule has 0 aliphatic rings. The normalized spacial score (nSPS) is 10.6. The van der Waals surface area contributed by atoms with E-state index >= 15 is 0 Å². The van der Waals surface area contributed by atoms with Gasteiger partial charge in [0, 0.05) is 11.0 Å². The van der Waals surface area contributed by atoms with E-state index in [9.17, 15) is 0 Å². The number of hydrogen-bond donors (Lipinski definition) is 1. The van der Waals surface area contributed by atoms with E-state index in [4.69, 9.17) is 10.2 Å². The molecular formula is C11H11BrN2O. The van der Waals surface area contributed by atoms with Gasteiger partial charge < -0.3 is 10.2 Å². The third-order valence-electron chi connectivity index (χ3n) is 2.12. The monoisotopic (exact) mass is 266 g/mol. The molecule has 0 fully saturated rings. The first-order valence-corrected chi connectivity index (χ1v) is 5.41. The molecule has 0 aliphatic carbocycles. The van der Waals surface area contributed by atoms with E-state index < -0.39 is 0 Å². The Morgan fingerprint density at radius 2 is 2.27 bits per heavy atom. The zero-order valence-electron chi connectivity index (χ0n) is 8.33. The molecule has 1 aromatic heterocycles. The summed E-state index contributed by atoms with van der Waals surface area (Å²) < 4.78 is 6.32. The Hall–Kier alpha value is -1.13. The van der Waals surface area contributed by atoms with E-state index in [1.54, 1.807) is 6.26 Å². The zero-order chi connectivity index (χ0) is 10.8. The molecule has 2 aromatic rings. The summed E-state index contributed by atoms with van der Waals surface area (Å²) in [5.41, 5.74) is 8.37. The predicted molar refractivity (Wildman–Crippen MR) is 62.3 cm³/mol. The summed E-state index contributed by atoms with van der Waals surface area (Å²) in [6.07, 6.45) is 1.58. The number of aromatic nitrogens is 1. The molecule has 2 rings (SSSR count). The fourth-order valence-corrected chi connectivity index (χ4v) is 1.98. The standard InChI is InChI=1S/C11H11BrN2O/c1-7-2-3-9(10(12)4-7)11-14-8(5-13)6-15-11/h2-4,6H,5,13H2,1H3. The summed E-state index contributed by atoms with van der Waals surface area (Å²) in [7, 11) is 0. The van der Waals surface area contributed by atoms with Crippen LogP contribution in [0.4, 0.5) is 0 Å². The summed E-state index contributed by atoms with van der Waals surface area (Å²) >= 11 is 3.48. The first-order chi connectivity index (χ1) is 7.20. The maximum atomic E-state index is 5.47. The van der Waals surface area contributed by atoms with Gasteiger partial charge in [-0.25, -0.2) is 4.98 Å². The minimum atomic E-state index is 0.396. The number of oxazole rings is 1. The van der Waals surface area contributed by atoms with E-state index in [2.05, 4.69) is 20.9 Å². The smallest absolute Gasteiger partial charge is 0.227 e. The molecule has 0 radical (unpaired) electrons. The van der Waals surface area contributed by atoms with Crippen LogP contribution in [-0.4, -0.2) is 4.98 Å². The summed E-state index contributed by atoms with van der Waals surface area (Å²) in [6, 6.07) is 6.03. The van der Waals surface area contributed by atoms with E-state index in [1.165, 1.54) is 5.56 Å². The minimum absolute atomic E-state index is 0.396. The number of halogens is 1. The zero-order valence-corrected chi connectivity index (χ0v) is 9.91. The molecule has 3 nitrogen and oxygen atoms in total. The molecule has 78 valence electrons. The fraction of sp³-hybridized carbons (Fsp3) is 0.182. The topological polar surface area (TPSA) is 52.0 Å². The average molecular weight is 267 g/mol. The van der Waals surface area contributed by atoms with Crippen LogP contribution in [0.2, 0.25) is 0 Å². The highest BCUT2D eigenvalue weighted by atomic mass is 79.9. The number of aryl methyl sites for hydroxylation is 1. The SMILES string of the molecule is Cc1ccc(-c2nc(CN)co2)c(Br)c1. The van der Waals surface area contributed by atoms with E-state index in [0.717, 1.165) is 15.7 Å². The molecule has 0 aliphatic heterocycles. The Morgan fingerprint density at radius 3 is 2.87 bits per heavy atom. The van der Waals surface area contributed by atoms with Crippen LogP contribution in [0.25, 0.3) is 11.5 Å². The highest BCUT2D eigenvalue weighted by Crippen LogP contribution is 2.28. The van der Waals surface area contributed by atoms with Crippen molar-refractivity contribution < 1.29 is 4.42 Å². The third kappa shape index (κ3) is 2.11. The quantitative estimate of drug-likeness (QED) is 0.910. The lowest BCUT2D eigenvalue weighted by Gasteiger charge is -2.00. The first kappa shape index (κ1) is 10.4. The Bertz CT molecular complexity index is 479. The summed E-state index contributed by atoms with van der Waals surface area (Å²) in [5.74, 6) is 0.599. The van der Waals surface area contributed by atoms with Crippen LogP contribution in [0, 0.1) is 6.92 Å². The van der Waals surface area contributed by atoms with E-state index in [1.807, 2.05) is 25.1 Å². The number of nitrogens with two attached hydrogens (primary N) is 1. The lowest BCUT2D eigenvalue weighted by Crippen LogP contribution is -1.95. The lowest BCUT2D eigenvalue weighted by atomic mass is 10.1. The lowest BCUT2D eigenvalue weighted by molar-refractivity contribution is 0.572. The van der Waals surface area contributed by atoms with Gasteiger partial charge in [-0.3, -0.25) is 0 Å². The largest absolute Gasteiger partial charge is 0.444 e. The van der Waals surface area contributed by atoms with Crippen LogP contribution in [0.3, 0.4) is 0 Å². The fourth-order valence-electron chi connectivity index (χ4n) is 1.32. The van der Waals surface area contributed by atoms with Crippen molar-refractivity contribution in [2.45, 2.75) is 13.5 Å². The number of nitrogens with zero attached hydrogens (tertiary/aromatic N) is 1. The van der Waals surface area contributed by atoms with Crippen molar-refractivity contribution in [3.05, 3.63) is 40.2 Å². The van der Waals surface area contributed by atoms with Crippen LogP contribution in [0.1, 0.15) is 11.3 Å². The van der Waals surface area contributed by atoms with Gasteiger partial charge in [-0.2, -0.15) is 0 Å². The maximum Gasteiger partial charge on any atom is 0.227 e. The summed E-state index contributed by atoms with van der Waals surface area (Å²) in [4.78, 5) is 4.27. The van der Waals surface area contributed by atoms with Crippen molar-refractivity contribution >= 4 is 15.9 Å². The van der Waals surface area contributed by atoms with Crippen molar-refractivity contribution in [1.82, 2.24) is 4.98 Å². The van der Waals surface area contributed by atoms with Crippen molar-refractivity contribution in [1.29, 1.82) is 0 Å². The molecule has 1 aromatic carbocycles. The maximum absolute atomic E-state index is 5.47. The van der Waals surface area contributed by atoms with Crippen LogP contribution in [-0.2, 0) is 6.54 Å². The molecular weight excluding hydrogens is 256 g/mol. The van der Waals surface area contributed by atoms with Crippen LogP contribution in [0.5, 0.6) is 0 Å². The van der Waals surface area contributed by atoms with Gasteiger partial charge >= 0.3 is 0 Å². The van der Waals surface area contributed by atoms with Crippen LogP contribution in [0.15, 0.2) is 33.4 Å². The highest BCUT2D eigenvalue weighted by molar-refractivity contribution is 9.10. The second-order valence-corrected chi connectivity index (χ2v) is 4.19. The van der Waals surface area contributed by atoms with E-state index in [-0.39, 0.29) is 0 Å². The van der Waals surface area contributed by atoms with E-state index in [0.29, 0.717) is 12.4 Å². The summed E-state index contributed by atoms with van der Waals surface area (Å²) in [5, 5.41) is 0. The first-order valence-electron chi connectivity index (χ1n) is 4.61. The van der Waals surface area contributed by atoms with Crippen molar-refractivity contribution in [3.8, 4) is 11.5 Å². The molecule has 15 heavy (non-hydrogen) atoms. The Balaban J connectivity index is 2.44. The number of benzene rings is 1. The van der Waals surface area contributed by atoms with Gasteiger partial charge in [0.25, 0.3) is 0 Å². The van der Waals surface area contributed by atoms with Gasteiger partial charge in [-0.1, -0.05) is 6.07 Å². The van der Waals surface area contributed by atoms with Crippen molar-refractivity contribution in [3.63, 3.8) is 0 Å². The second kappa shape index (κ2) is 4.16. The van der Waals surface area contributed by atoms with Crippen LogP contribution >= 0.6 is 15.9 Å². The molecule has 0 unspecified atom stereocenters. The summed E-state index contributed by atoms with van der Waals surface area (Å²) in [6.45, 7) is 2.43. The molecule has 1 heterocycles. The molecule has 0 atom stereocenters.